The minimum absolute atomic E-state index is 0. The zero-order valence-corrected chi connectivity index (χ0v) is 21.3. The quantitative estimate of drug-likeness (QED) is 0.188. The molecule has 0 spiro atoms. The van der Waals surface area contributed by atoms with Crippen molar-refractivity contribution in [2.75, 3.05) is 0 Å². The van der Waals surface area contributed by atoms with Gasteiger partial charge in [-0.15, -0.1) is 0 Å². The van der Waals surface area contributed by atoms with Crippen LogP contribution in [0, 0.1) is 0 Å². The average molecular weight is 586 g/mol. The van der Waals surface area contributed by atoms with Crippen LogP contribution in [-0.2, 0) is 37.3 Å². The Bertz CT molecular complexity index is 1460. The first-order valence-electron chi connectivity index (χ1n) is 10.1. The van der Waals surface area contributed by atoms with Crippen molar-refractivity contribution >= 4 is 44.0 Å². The average Bonchev–Trinajstić information content (AvgIpc) is 2.87. The second kappa shape index (κ2) is 13.7. The number of aromatic nitrogens is 2. The van der Waals surface area contributed by atoms with Crippen LogP contribution in [0.2, 0.25) is 0 Å². The van der Waals surface area contributed by atoms with Crippen molar-refractivity contribution in [2.45, 2.75) is 9.79 Å². The Hall–Kier alpha value is -3.58. The Morgan fingerprint density at radius 2 is 0.919 bits per heavy atom. The Morgan fingerprint density at radius 1 is 0.568 bits per heavy atom. The largest absolute Gasteiger partial charge is 2.00 e. The van der Waals surface area contributed by atoms with Gasteiger partial charge in [-0.2, -0.15) is 0 Å². The van der Waals surface area contributed by atoms with Gasteiger partial charge in [-0.3, -0.25) is 20.0 Å². The molecule has 0 N–H and O–H groups in total. The maximum atomic E-state index is 11.0. The minimum atomic E-state index is -4.52. The molecular weight excluding hydrogens is 568 g/mol. The van der Waals surface area contributed by atoms with Crippen LogP contribution in [0.15, 0.2) is 117 Å². The molecule has 2 aromatic carbocycles. The molecule has 2 aromatic heterocycles. The van der Waals surface area contributed by atoms with E-state index in [0.717, 1.165) is 0 Å². The van der Waals surface area contributed by atoms with Crippen molar-refractivity contribution in [1.29, 1.82) is 0 Å². The maximum Gasteiger partial charge on any atom is 2.00 e. The third-order valence-electron chi connectivity index (χ3n) is 4.32. The number of hydrogen-bond donors (Lipinski definition) is 0. The number of aliphatic imine (C=N–C) groups is 2. The first-order valence-corrected chi connectivity index (χ1v) is 13.0. The van der Waals surface area contributed by atoms with Crippen LogP contribution < -0.4 is 0 Å². The number of pyridine rings is 2. The monoisotopic (exact) mass is 585 g/mol. The molecule has 0 saturated heterocycles. The zero-order chi connectivity index (χ0) is 26.0. The SMILES string of the molecule is O=S(=O)([O-])c1ccccc1N=Cc1ccccn1.O=S(=O)([O-])c1ccccc1N=Cc1ccccn1.[Cu+2]. The molecule has 0 saturated carbocycles. The summed E-state index contributed by atoms with van der Waals surface area (Å²) >= 11 is 0. The van der Waals surface area contributed by atoms with E-state index in [9.17, 15) is 25.9 Å². The summed E-state index contributed by atoms with van der Waals surface area (Å²) in [6, 6.07) is 22.1. The summed E-state index contributed by atoms with van der Waals surface area (Å²) in [6.07, 6.45) is 6.00. The summed E-state index contributed by atoms with van der Waals surface area (Å²) in [4.78, 5) is 15.3. The predicted molar refractivity (Wildman–Crippen MR) is 132 cm³/mol. The normalized spacial score (nSPS) is 11.5. The first kappa shape index (κ1) is 29.6. The van der Waals surface area contributed by atoms with E-state index in [0.29, 0.717) is 11.4 Å². The van der Waals surface area contributed by atoms with Crippen LogP contribution in [0.5, 0.6) is 0 Å². The number of hydrogen-bond acceptors (Lipinski definition) is 10. The van der Waals surface area contributed by atoms with Crippen LogP contribution in [0.3, 0.4) is 0 Å². The van der Waals surface area contributed by atoms with Crippen LogP contribution in [-0.4, -0.2) is 48.3 Å². The number of nitrogens with zero attached hydrogens (tertiary/aromatic N) is 4. The topological polar surface area (TPSA) is 165 Å². The Kier molecular flexibility index (Phi) is 10.9. The molecule has 0 fully saturated rings. The van der Waals surface area contributed by atoms with E-state index in [1.807, 2.05) is 0 Å². The fourth-order valence-electron chi connectivity index (χ4n) is 2.73. The molecular formula is C24H18CuN4O6S2. The van der Waals surface area contributed by atoms with E-state index < -0.39 is 20.2 Å². The molecule has 0 aliphatic rings. The van der Waals surface area contributed by atoms with Crippen molar-refractivity contribution in [3.05, 3.63) is 109 Å². The van der Waals surface area contributed by atoms with Gasteiger partial charge in [-0.25, -0.2) is 16.8 Å². The van der Waals surface area contributed by atoms with E-state index in [-0.39, 0.29) is 38.2 Å². The van der Waals surface area contributed by atoms with Crippen LogP contribution in [0.1, 0.15) is 11.4 Å². The molecule has 0 unspecified atom stereocenters. The molecule has 1 radical (unpaired) electrons. The van der Waals surface area contributed by atoms with Gasteiger partial charge in [0, 0.05) is 12.4 Å². The molecule has 4 aromatic rings. The van der Waals surface area contributed by atoms with Crippen molar-refractivity contribution < 1.29 is 43.0 Å². The number of para-hydroxylation sites is 2. The van der Waals surface area contributed by atoms with E-state index in [1.54, 1.807) is 60.9 Å². The van der Waals surface area contributed by atoms with Crippen molar-refractivity contribution in [2.24, 2.45) is 9.98 Å². The Labute approximate surface area is 224 Å². The number of rotatable bonds is 6. The maximum absolute atomic E-state index is 11.0. The predicted octanol–water partition coefficient (Wildman–Crippen LogP) is 3.47. The third kappa shape index (κ3) is 9.42. The molecule has 0 amide bonds. The van der Waals surface area contributed by atoms with Crippen LogP contribution in [0.25, 0.3) is 0 Å². The summed E-state index contributed by atoms with van der Waals surface area (Å²) in [5.41, 5.74) is 1.38. The molecule has 2 heterocycles. The number of benzene rings is 2. The van der Waals surface area contributed by atoms with Gasteiger partial charge in [-0.05, 0) is 48.5 Å². The van der Waals surface area contributed by atoms with E-state index >= 15 is 0 Å². The van der Waals surface area contributed by atoms with Crippen LogP contribution >= 0.6 is 0 Å². The Morgan fingerprint density at radius 3 is 1.24 bits per heavy atom. The van der Waals surface area contributed by atoms with Gasteiger partial charge in [-0.1, -0.05) is 36.4 Å². The van der Waals surface area contributed by atoms with Crippen molar-refractivity contribution in [3.8, 4) is 0 Å². The third-order valence-corrected chi connectivity index (χ3v) is 6.08. The molecule has 193 valence electrons. The van der Waals surface area contributed by atoms with Gasteiger partial charge in [0.25, 0.3) is 0 Å². The van der Waals surface area contributed by atoms with Gasteiger partial charge in [0.15, 0.2) is 0 Å². The molecule has 0 bridgehead atoms. The second-order valence-corrected chi connectivity index (χ2v) is 9.57. The van der Waals surface area contributed by atoms with Crippen LogP contribution in [0.4, 0.5) is 11.4 Å². The fourth-order valence-corrected chi connectivity index (χ4v) is 3.97. The molecule has 0 aliphatic carbocycles. The smallest absolute Gasteiger partial charge is 0.744 e. The summed E-state index contributed by atoms with van der Waals surface area (Å²) in [7, 11) is -9.04. The zero-order valence-electron chi connectivity index (χ0n) is 18.7. The molecule has 4 rings (SSSR count). The van der Waals surface area contributed by atoms with Gasteiger partial charge in [0.2, 0.25) is 0 Å². The summed E-state index contributed by atoms with van der Waals surface area (Å²) in [5, 5.41) is 0. The molecule has 37 heavy (non-hydrogen) atoms. The van der Waals surface area contributed by atoms with Gasteiger partial charge in [0.05, 0.1) is 45.0 Å². The standard InChI is InChI=1S/2C12H10N2O3S.Cu/c2*15-18(16,17)12-7-2-1-6-11(12)14-9-10-5-3-4-8-13-10;/h2*1-9H,(H,15,16,17);/q;;+2/p-2. The second-order valence-electron chi connectivity index (χ2n) is 6.87. The summed E-state index contributed by atoms with van der Waals surface area (Å²) in [6.45, 7) is 0. The minimum Gasteiger partial charge on any atom is -0.744 e. The molecule has 13 heteroatoms. The summed E-state index contributed by atoms with van der Waals surface area (Å²) < 4.78 is 66.1. The van der Waals surface area contributed by atoms with Gasteiger partial charge in [0.1, 0.15) is 20.2 Å². The van der Waals surface area contributed by atoms with Gasteiger partial charge < -0.3 is 9.11 Å². The van der Waals surface area contributed by atoms with Crippen molar-refractivity contribution in [1.82, 2.24) is 9.97 Å². The Balaban J connectivity index is 0.000000253. The fraction of sp³-hybridized carbons (Fsp3) is 0. The molecule has 10 nitrogen and oxygen atoms in total. The molecule has 0 aliphatic heterocycles. The van der Waals surface area contributed by atoms with Crippen molar-refractivity contribution in [3.63, 3.8) is 0 Å². The summed E-state index contributed by atoms with van der Waals surface area (Å²) in [5.74, 6) is 0. The first-order chi connectivity index (χ1) is 17.1. The molecule has 0 atom stereocenters. The van der Waals surface area contributed by atoms with E-state index in [2.05, 4.69) is 20.0 Å². The van der Waals surface area contributed by atoms with Gasteiger partial charge >= 0.3 is 17.1 Å². The van der Waals surface area contributed by atoms with E-state index in [1.165, 1.54) is 48.8 Å². The van der Waals surface area contributed by atoms with E-state index in [4.69, 9.17) is 0 Å².